The van der Waals surface area contributed by atoms with Crippen molar-refractivity contribution in [2.75, 3.05) is 7.11 Å². The van der Waals surface area contributed by atoms with Crippen molar-refractivity contribution in [2.45, 2.75) is 6.04 Å². The molecule has 0 saturated heterocycles. The van der Waals surface area contributed by atoms with Gasteiger partial charge in [0.05, 0.1) is 13.2 Å². The van der Waals surface area contributed by atoms with Crippen LogP contribution in [-0.4, -0.2) is 22.3 Å². The standard InChI is InChI=1S/C16H16N4O/c1-21-13-9-5-8-12(10-13)15-18-16(20-19-15)14(17)11-6-3-2-4-7-11/h2-10,14H,17H2,1H3,(H,18,19,20). The maximum atomic E-state index is 6.21. The Hall–Kier alpha value is -2.66. The Balaban J connectivity index is 1.89. The number of hydrogen-bond acceptors (Lipinski definition) is 4. The van der Waals surface area contributed by atoms with Gasteiger partial charge in [-0.1, -0.05) is 42.5 Å². The van der Waals surface area contributed by atoms with Gasteiger partial charge in [-0.2, -0.15) is 5.10 Å². The monoisotopic (exact) mass is 280 g/mol. The van der Waals surface area contributed by atoms with Crippen LogP contribution in [-0.2, 0) is 0 Å². The lowest BCUT2D eigenvalue weighted by atomic mass is 10.1. The number of methoxy groups -OCH3 is 1. The molecule has 0 aliphatic heterocycles. The summed E-state index contributed by atoms with van der Waals surface area (Å²) >= 11 is 0. The number of nitrogens with one attached hydrogen (secondary N) is 1. The fourth-order valence-corrected chi connectivity index (χ4v) is 2.12. The molecule has 1 unspecified atom stereocenters. The summed E-state index contributed by atoms with van der Waals surface area (Å²) in [6.45, 7) is 0. The van der Waals surface area contributed by atoms with Crippen LogP contribution in [0.15, 0.2) is 54.6 Å². The quantitative estimate of drug-likeness (QED) is 0.770. The third-order valence-corrected chi connectivity index (χ3v) is 3.28. The maximum absolute atomic E-state index is 6.21. The van der Waals surface area contributed by atoms with E-state index in [0.29, 0.717) is 11.6 Å². The van der Waals surface area contributed by atoms with Crippen LogP contribution in [0.25, 0.3) is 11.4 Å². The van der Waals surface area contributed by atoms with Gasteiger partial charge in [0.2, 0.25) is 0 Å². The minimum atomic E-state index is -0.321. The topological polar surface area (TPSA) is 76.8 Å². The summed E-state index contributed by atoms with van der Waals surface area (Å²) in [7, 11) is 1.63. The van der Waals surface area contributed by atoms with Crippen LogP contribution in [0.4, 0.5) is 0 Å². The highest BCUT2D eigenvalue weighted by Crippen LogP contribution is 2.22. The number of rotatable bonds is 4. The van der Waals surface area contributed by atoms with Crippen LogP contribution >= 0.6 is 0 Å². The summed E-state index contributed by atoms with van der Waals surface area (Å²) in [6, 6.07) is 17.1. The lowest BCUT2D eigenvalue weighted by molar-refractivity contribution is 0.415. The Kier molecular flexibility index (Phi) is 3.66. The Labute approximate surface area is 122 Å². The molecule has 0 aliphatic carbocycles. The number of benzene rings is 2. The zero-order valence-electron chi connectivity index (χ0n) is 11.7. The van der Waals surface area contributed by atoms with Crippen LogP contribution in [0.2, 0.25) is 0 Å². The van der Waals surface area contributed by atoms with Crippen molar-refractivity contribution in [3.63, 3.8) is 0 Å². The molecule has 5 nitrogen and oxygen atoms in total. The summed E-state index contributed by atoms with van der Waals surface area (Å²) in [5, 5.41) is 7.15. The molecule has 0 amide bonds. The summed E-state index contributed by atoms with van der Waals surface area (Å²) in [4.78, 5) is 4.48. The van der Waals surface area contributed by atoms with E-state index in [1.54, 1.807) is 7.11 Å². The number of hydrogen-bond donors (Lipinski definition) is 2. The Morgan fingerprint density at radius 3 is 2.67 bits per heavy atom. The van der Waals surface area contributed by atoms with E-state index in [1.807, 2.05) is 54.6 Å². The van der Waals surface area contributed by atoms with Crippen LogP contribution in [0.5, 0.6) is 5.75 Å². The third kappa shape index (κ3) is 2.78. The van der Waals surface area contributed by atoms with E-state index < -0.39 is 0 Å². The molecule has 1 aromatic heterocycles. The summed E-state index contributed by atoms with van der Waals surface area (Å²) in [5.41, 5.74) is 8.08. The second-order valence-electron chi connectivity index (χ2n) is 4.66. The summed E-state index contributed by atoms with van der Waals surface area (Å²) in [6.07, 6.45) is 0. The molecule has 0 spiro atoms. The molecule has 3 aromatic rings. The van der Waals surface area contributed by atoms with Crippen LogP contribution < -0.4 is 10.5 Å². The fourth-order valence-electron chi connectivity index (χ4n) is 2.12. The van der Waals surface area contributed by atoms with Gasteiger partial charge in [0.1, 0.15) is 11.6 Å². The Bertz CT molecular complexity index is 724. The first-order chi connectivity index (χ1) is 10.3. The van der Waals surface area contributed by atoms with E-state index in [0.717, 1.165) is 16.9 Å². The van der Waals surface area contributed by atoms with E-state index in [9.17, 15) is 0 Å². The number of nitrogens with zero attached hydrogens (tertiary/aromatic N) is 2. The molecule has 1 atom stereocenters. The zero-order valence-corrected chi connectivity index (χ0v) is 11.7. The minimum absolute atomic E-state index is 0.321. The zero-order chi connectivity index (χ0) is 14.7. The van der Waals surface area contributed by atoms with Crippen LogP contribution in [0.3, 0.4) is 0 Å². The second kappa shape index (κ2) is 5.76. The molecule has 3 N–H and O–H groups in total. The minimum Gasteiger partial charge on any atom is -0.497 e. The smallest absolute Gasteiger partial charge is 0.181 e. The first-order valence-electron chi connectivity index (χ1n) is 6.65. The molecule has 0 bridgehead atoms. The Morgan fingerprint density at radius 1 is 1.10 bits per heavy atom. The van der Waals surface area contributed by atoms with Crippen LogP contribution in [0, 0.1) is 0 Å². The SMILES string of the molecule is COc1cccc(-c2n[nH]c(C(N)c3ccccc3)n2)c1. The number of H-pyrrole nitrogens is 1. The molecule has 0 saturated carbocycles. The average Bonchev–Trinajstić information content (AvgIpc) is 3.05. The van der Waals surface area contributed by atoms with E-state index in [4.69, 9.17) is 10.5 Å². The van der Waals surface area contributed by atoms with Gasteiger partial charge in [-0.05, 0) is 17.7 Å². The van der Waals surface area contributed by atoms with Crippen molar-refractivity contribution in [1.82, 2.24) is 15.2 Å². The predicted octanol–water partition coefficient (Wildman–Crippen LogP) is 2.53. The van der Waals surface area contributed by atoms with Crippen molar-refractivity contribution in [3.05, 3.63) is 66.0 Å². The predicted molar refractivity (Wildman–Crippen MR) is 80.8 cm³/mol. The van der Waals surface area contributed by atoms with E-state index in [2.05, 4.69) is 15.2 Å². The number of ether oxygens (including phenoxy) is 1. The van der Waals surface area contributed by atoms with Gasteiger partial charge < -0.3 is 10.5 Å². The maximum Gasteiger partial charge on any atom is 0.181 e. The molecule has 2 aromatic carbocycles. The lowest BCUT2D eigenvalue weighted by Crippen LogP contribution is -2.13. The third-order valence-electron chi connectivity index (χ3n) is 3.28. The average molecular weight is 280 g/mol. The normalized spacial score (nSPS) is 12.1. The van der Waals surface area contributed by atoms with Gasteiger partial charge in [0, 0.05) is 5.56 Å². The van der Waals surface area contributed by atoms with Crippen molar-refractivity contribution in [3.8, 4) is 17.1 Å². The molecular weight excluding hydrogens is 264 g/mol. The first kappa shape index (κ1) is 13.3. The fraction of sp³-hybridized carbons (Fsp3) is 0.125. The van der Waals surface area contributed by atoms with Crippen LogP contribution in [0.1, 0.15) is 17.4 Å². The van der Waals surface area contributed by atoms with Crippen molar-refractivity contribution >= 4 is 0 Å². The molecule has 1 heterocycles. The largest absolute Gasteiger partial charge is 0.497 e. The van der Waals surface area contributed by atoms with Gasteiger partial charge in [0.25, 0.3) is 0 Å². The number of aromatic amines is 1. The number of aromatic nitrogens is 3. The molecule has 0 aliphatic rings. The molecule has 21 heavy (non-hydrogen) atoms. The highest BCUT2D eigenvalue weighted by atomic mass is 16.5. The highest BCUT2D eigenvalue weighted by molar-refractivity contribution is 5.57. The van der Waals surface area contributed by atoms with Gasteiger partial charge in [0.15, 0.2) is 5.82 Å². The molecule has 0 fully saturated rings. The lowest BCUT2D eigenvalue weighted by Gasteiger charge is -2.07. The van der Waals surface area contributed by atoms with Gasteiger partial charge in [-0.15, -0.1) is 0 Å². The van der Waals surface area contributed by atoms with Crippen molar-refractivity contribution in [2.24, 2.45) is 5.73 Å². The van der Waals surface area contributed by atoms with Crippen molar-refractivity contribution in [1.29, 1.82) is 0 Å². The molecule has 3 rings (SSSR count). The second-order valence-corrected chi connectivity index (χ2v) is 4.66. The van der Waals surface area contributed by atoms with E-state index >= 15 is 0 Å². The van der Waals surface area contributed by atoms with Gasteiger partial charge >= 0.3 is 0 Å². The number of nitrogens with two attached hydrogens (primary N) is 1. The highest BCUT2D eigenvalue weighted by Gasteiger charge is 2.14. The first-order valence-corrected chi connectivity index (χ1v) is 6.65. The summed E-state index contributed by atoms with van der Waals surface area (Å²) < 4.78 is 5.21. The van der Waals surface area contributed by atoms with Gasteiger partial charge in [-0.3, -0.25) is 5.10 Å². The van der Waals surface area contributed by atoms with E-state index in [-0.39, 0.29) is 6.04 Å². The molecule has 5 heteroatoms. The van der Waals surface area contributed by atoms with Crippen molar-refractivity contribution < 1.29 is 4.74 Å². The molecular formula is C16H16N4O. The molecule has 106 valence electrons. The molecule has 0 radical (unpaired) electrons. The summed E-state index contributed by atoms with van der Waals surface area (Å²) in [5.74, 6) is 2.01. The Morgan fingerprint density at radius 2 is 1.90 bits per heavy atom. The van der Waals surface area contributed by atoms with E-state index in [1.165, 1.54) is 0 Å². The van der Waals surface area contributed by atoms with Gasteiger partial charge in [-0.25, -0.2) is 4.98 Å².